The van der Waals surface area contributed by atoms with Crippen molar-refractivity contribution >= 4 is 28.1 Å². The van der Waals surface area contributed by atoms with Crippen molar-refractivity contribution in [3.63, 3.8) is 0 Å². The van der Waals surface area contributed by atoms with Crippen LogP contribution in [0.2, 0.25) is 0 Å². The first-order valence-corrected chi connectivity index (χ1v) is 10.4. The zero-order valence-electron chi connectivity index (χ0n) is 15.7. The SMILES string of the molecule is Cn1ccc2cc(-c3csc(CN4CC(C)(NC(=O)C5CC5)C4)n3)ccc21. The lowest BCUT2D eigenvalue weighted by molar-refractivity contribution is -0.126. The molecule has 0 spiro atoms. The molecule has 1 N–H and O–H groups in total. The van der Waals surface area contributed by atoms with Crippen molar-refractivity contribution in [2.24, 2.45) is 13.0 Å². The van der Waals surface area contributed by atoms with Crippen LogP contribution >= 0.6 is 11.3 Å². The van der Waals surface area contributed by atoms with Crippen LogP contribution in [-0.4, -0.2) is 39.0 Å². The number of hydrogen-bond acceptors (Lipinski definition) is 4. The number of nitrogens with one attached hydrogen (secondary N) is 1. The van der Waals surface area contributed by atoms with Crippen LogP contribution in [0.3, 0.4) is 0 Å². The van der Waals surface area contributed by atoms with Gasteiger partial charge in [-0.2, -0.15) is 0 Å². The lowest BCUT2D eigenvalue weighted by Gasteiger charge is -2.48. The summed E-state index contributed by atoms with van der Waals surface area (Å²) in [4.78, 5) is 19.2. The van der Waals surface area contributed by atoms with Gasteiger partial charge in [0.15, 0.2) is 0 Å². The fourth-order valence-corrected chi connectivity index (χ4v) is 4.87. The predicted octanol–water partition coefficient (Wildman–Crippen LogP) is 3.40. The summed E-state index contributed by atoms with van der Waals surface area (Å²) >= 11 is 1.72. The van der Waals surface area contributed by atoms with E-state index in [0.29, 0.717) is 0 Å². The summed E-state index contributed by atoms with van der Waals surface area (Å²) in [6.45, 7) is 4.80. The molecule has 2 aliphatic rings. The van der Waals surface area contributed by atoms with E-state index in [4.69, 9.17) is 4.98 Å². The second kappa shape index (κ2) is 6.17. The number of thiazole rings is 1. The number of carbonyl (C=O) groups excluding carboxylic acids is 1. The number of aromatic nitrogens is 2. The Balaban J connectivity index is 1.23. The van der Waals surface area contributed by atoms with Crippen LogP contribution in [0, 0.1) is 5.92 Å². The van der Waals surface area contributed by atoms with Gasteiger partial charge in [0.25, 0.3) is 0 Å². The van der Waals surface area contributed by atoms with Crippen LogP contribution in [0.5, 0.6) is 0 Å². The van der Waals surface area contributed by atoms with E-state index >= 15 is 0 Å². The first kappa shape index (κ1) is 17.0. The third kappa shape index (κ3) is 3.28. The number of likely N-dealkylation sites (tertiary alicyclic amines) is 1. The summed E-state index contributed by atoms with van der Waals surface area (Å²) in [6, 6.07) is 8.66. The predicted molar refractivity (Wildman–Crippen MR) is 109 cm³/mol. The van der Waals surface area contributed by atoms with E-state index in [9.17, 15) is 4.79 Å². The van der Waals surface area contributed by atoms with Crippen LogP contribution in [0.1, 0.15) is 24.8 Å². The molecule has 27 heavy (non-hydrogen) atoms. The second-order valence-corrected chi connectivity index (χ2v) is 9.24. The molecule has 1 aliphatic carbocycles. The molecule has 1 aliphatic heterocycles. The van der Waals surface area contributed by atoms with Gasteiger partial charge >= 0.3 is 0 Å². The highest BCUT2D eigenvalue weighted by molar-refractivity contribution is 7.09. The fourth-order valence-electron chi connectivity index (χ4n) is 4.02. The Hall–Kier alpha value is -2.18. The molecule has 5 nitrogen and oxygen atoms in total. The Kier molecular flexibility index (Phi) is 3.88. The van der Waals surface area contributed by atoms with E-state index in [1.54, 1.807) is 11.3 Å². The van der Waals surface area contributed by atoms with Crippen LogP contribution in [0.15, 0.2) is 35.8 Å². The minimum absolute atomic E-state index is 0.0713. The minimum atomic E-state index is -0.0713. The Morgan fingerprint density at radius 3 is 2.93 bits per heavy atom. The quantitative estimate of drug-likeness (QED) is 0.738. The second-order valence-electron chi connectivity index (χ2n) is 8.30. The van der Waals surface area contributed by atoms with Gasteiger partial charge in [0, 0.05) is 54.1 Å². The minimum Gasteiger partial charge on any atom is -0.351 e. The number of aryl methyl sites for hydroxylation is 1. The van der Waals surface area contributed by atoms with Gasteiger partial charge < -0.3 is 9.88 Å². The first-order chi connectivity index (χ1) is 13.0. The van der Waals surface area contributed by atoms with E-state index in [1.165, 1.54) is 16.5 Å². The highest BCUT2D eigenvalue weighted by Crippen LogP contribution is 2.32. The third-order valence-corrected chi connectivity index (χ3v) is 6.44. The smallest absolute Gasteiger partial charge is 0.223 e. The Bertz CT molecular complexity index is 1010. The maximum atomic E-state index is 12.0. The zero-order valence-corrected chi connectivity index (χ0v) is 16.6. The summed E-state index contributed by atoms with van der Waals surface area (Å²) in [5, 5.41) is 7.74. The molecular weight excluding hydrogens is 356 g/mol. The maximum Gasteiger partial charge on any atom is 0.223 e. The molecule has 1 amide bonds. The molecule has 1 aromatic carbocycles. The molecule has 3 heterocycles. The zero-order chi connectivity index (χ0) is 18.6. The van der Waals surface area contributed by atoms with Crippen molar-refractivity contribution < 1.29 is 4.79 Å². The first-order valence-electron chi connectivity index (χ1n) is 9.53. The van der Waals surface area contributed by atoms with Gasteiger partial charge in [-0.25, -0.2) is 4.98 Å². The summed E-state index contributed by atoms with van der Waals surface area (Å²) in [7, 11) is 2.07. The molecule has 1 saturated carbocycles. The molecule has 5 rings (SSSR count). The fraction of sp³-hybridized carbons (Fsp3) is 0.429. The number of rotatable bonds is 5. The number of nitrogens with zero attached hydrogens (tertiary/aromatic N) is 3. The average Bonchev–Trinajstić information content (AvgIpc) is 3.27. The molecule has 1 saturated heterocycles. The van der Waals surface area contributed by atoms with Gasteiger partial charge in [-0.15, -0.1) is 11.3 Å². The number of carbonyl (C=O) groups is 1. The Morgan fingerprint density at radius 2 is 2.15 bits per heavy atom. The monoisotopic (exact) mass is 380 g/mol. The molecule has 6 heteroatoms. The topological polar surface area (TPSA) is 50.2 Å². The van der Waals surface area contributed by atoms with Crippen molar-refractivity contribution in [3.05, 3.63) is 40.8 Å². The molecule has 0 atom stereocenters. The van der Waals surface area contributed by atoms with Gasteiger partial charge in [0.05, 0.1) is 17.8 Å². The lowest BCUT2D eigenvalue weighted by Crippen LogP contribution is -2.68. The van der Waals surface area contributed by atoms with Crippen molar-refractivity contribution in [2.45, 2.75) is 31.8 Å². The molecule has 0 bridgehead atoms. The molecule has 2 aromatic heterocycles. The number of amides is 1. The molecule has 140 valence electrons. The highest BCUT2D eigenvalue weighted by Gasteiger charge is 2.42. The van der Waals surface area contributed by atoms with E-state index in [-0.39, 0.29) is 17.4 Å². The highest BCUT2D eigenvalue weighted by atomic mass is 32.1. The molecule has 3 aromatic rings. The largest absolute Gasteiger partial charge is 0.351 e. The standard InChI is InChI=1S/C21H24N4OS/c1-21(23-20(26)14-3-4-14)12-25(13-21)10-19-22-17(11-27-19)15-5-6-18-16(9-15)7-8-24(18)2/h5-9,11,14H,3-4,10,12-13H2,1-2H3,(H,23,26). The van der Waals surface area contributed by atoms with E-state index in [0.717, 1.165) is 43.2 Å². The van der Waals surface area contributed by atoms with Crippen LogP contribution in [-0.2, 0) is 18.4 Å². The molecule has 2 fully saturated rings. The summed E-state index contributed by atoms with van der Waals surface area (Å²) in [6.07, 6.45) is 4.20. The molecular formula is C21H24N4OS. The maximum absolute atomic E-state index is 12.0. The van der Waals surface area contributed by atoms with Crippen molar-refractivity contribution in [1.82, 2.24) is 19.8 Å². The molecule has 0 radical (unpaired) electrons. The average molecular weight is 381 g/mol. The van der Waals surface area contributed by atoms with Crippen molar-refractivity contribution in [2.75, 3.05) is 13.1 Å². The molecule has 0 unspecified atom stereocenters. The van der Waals surface area contributed by atoms with Crippen molar-refractivity contribution in [1.29, 1.82) is 0 Å². The van der Waals surface area contributed by atoms with Crippen LogP contribution < -0.4 is 5.32 Å². The summed E-state index contributed by atoms with van der Waals surface area (Å²) < 4.78 is 2.13. The van der Waals surface area contributed by atoms with Gasteiger partial charge in [-0.1, -0.05) is 6.07 Å². The lowest BCUT2D eigenvalue weighted by atomic mass is 9.92. The van der Waals surface area contributed by atoms with Crippen LogP contribution in [0.4, 0.5) is 0 Å². The van der Waals surface area contributed by atoms with E-state index < -0.39 is 0 Å². The number of hydrogen-bond donors (Lipinski definition) is 1. The Morgan fingerprint density at radius 1 is 1.33 bits per heavy atom. The van der Waals surface area contributed by atoms with E-state index in [2.05, 4.69) is 64.6 Å². The third-order valence-electron chi connectivity index (χ3n) is 5.61. The number of benzene rings is 1. The van der Waals surface area contributed by atoms with Gasteiger partial charge in [-0.05, 0) is 38.0 Å². The van der Waals surface area contributed by atoms with E-state index in [1.807, 2.05) is 0 Å². The van der Waals surface area contributed by atoms with Gasteiger partial charge in [0.1, 0.15) is 5.01 Å². The van der Waals surface area contributed by atoms with Gasteiger partial charge in [-0.3, -0.25) is 9.69 Å². The normalized spacial score (nSPS) is 19.2. The van der Waals surface area contributed by atoms with Crippen molar-refractivity contribution in [3.8, 4) is 11.3 Å². The van der Waals surface area contributed by atoms with Gasteiger partial charge in [0.2, 0.25) is 5.91 Å². The van der Waals surface area contributed by atoms with Crippen LogP contribution in [0.25, 0.3) is 22.2 Å². The summed E-state index contributed by atoms with van der Waals surface area (Å²) in [5.41, 5.74) is 3.38. The number of fused-ring (bicyclic) bond motifs is 1. The Labute approximate surface area is 163 Å². The summed E-state index contributed by atoms with van der Waals surface area (Å²) in [5.74, 6) is 0.518.